The molecule has 0 spiro atoms. The van der Waals surface area contributed by atoms with Crippen LogP contribution in [0.15, 0.2) is 30.3 Å². The Kier molecular flexibility index (Phi) is 6.24. The van der Waals surface area contributed by atoms with Gasteiger partial charge in [0.25, 0.3) is 0 Å². The van der Waals surface area contributed by atoms with Crippen molar-refractivity contribution in [1.82, 2.24) is 10.2 Å². The maximum atomic E-state index is 13.0. The maximum absolute atomic E-state index is 13.0. The first-order chi connectivity index (χ1) is 10.3. The van der Waals surface area contributed by atoms with Crippen molar-refractivity contribution in [2.45, 2.75) is 51.5 Å². The molecule has 1 aromatic rings. The summed E-state index contributed by atoms with van der Waals surface area (Å²) in [5.74, 6) is 0.290. The number of hydrogen-bond acceptors (Lipinski definition) is 2. The van der Waals surface area contributed by atoms with E-state index in [0.29, 0.717) is 11.9 Å². The van der Waals surface area contributed by atoms with Crippen LogP contribution in [0.4, 0.5) is 0 Å². The highest BCUT2D eigenvalue weighted by Gasteiger charge is 2.26. The monoisotopic (exact) mass is 288 g/mol. The second-order valence-corrected chi connectivity index (χ2v) is 5.95. The van der Waals surface area contributed by atoms with Gasteiger partial charge in [0.2, 0.25) is 5.91 Å². The zero-order valence-corrected chi connectivity index (χ0v) is 13.3. The number of nitrogens with zero attached hydrogens (tertiary/aromatic N) is 1. The van der Waals surface area contributed by atoms with Gasteiger partial charge in [-0.1, -0.05) is 44.2 Å². The lowest BCUT2D eigenvalue weighted by atomic mass is 9.94. The van der Waals surface area contributed by atoms with Crippen LogP contribution in [0, 0.1) is 0 Å². The first-order valence-corrected chi connectivity index (χ1v) is 8.33. The molecular weight excluding hydrogens is 260 g/mol. The predicted molar refractivity (Wildman–Crippen MR) is 87.4 cm³/mol. The van der Waals surface area contributed by atoms with Gasteiger partial charge in [-0.15, -0.1) is 0 Å². The average Bonchev–Trinajstić information content (AvgIpc) is 3.01. The number of nitrogens with one attached hydrogen (secondary N) is 1. The van der Waals surface area contributed by atoms with E-state index >= 15 is 0 Å². The number of amides is 1. The van der Waals surface area contributed by atoms with Gasteiger partial charge in [0.15, 0.2) is 0 Å². The van der Waals surface area contributed by atoms with Crippen molar-refractivity contribution >= 4 is 5.91 Å². The van der Waals surface area contributed by atoms with E-state index in [9.17, 15) is 4.79 Å². The summed E-state index contributed by atoms with van der Waals surface area (Å²) in [4.78, 5) is 15.0. The van der Waals surface area contributed by atoms with E-state index in [2.05, 4.69) is 36.2 Å². The van der Waals surface area contributed by atoms with Gasteiger partial charge in [0, 0.05) is 19.1 Å². The third kappa shape index (κ3) is 4.31. The van der Waals surface area contributed by atoms with Crippen LogP contribution in [0.2, 0.25) is 0 Å². The molecule has 0 aromatic heterocycles. The van der Waals surface area contributed by atoms with E-state index in [1.54, 1.807) is 0 Å². The van der Waals surface area contributed by atoms with Crippen LogP contribution >= 0.6 is 0 Å². The lowest BCUT2D eigenvalue weighted by molar-refractivity contribution is -0.133. The Bertz CT molecular complexity index is 426. The van der Waals surface area contributed by atoms with Crippen LogP contribution in [-0.2, 0) is 4.79 Å². The van der Waals surface area contributed by atoms with Crippen molar-refractivity contribution < 1.29 is 4.79 Å². The molecule has 1 aliphatic rings. The third-order valence-corrected chi connectivity index (χ3v) is 4.32. The van der Waals surface area contributed by atoms with Crippen LogP contribution in [-0.4, -0.2) is 36.5 Å². The Morgan fingerprint density at radius 2 is 2.10 bits per heavy atom. The molecule has 21 heavy (non-hydrogen) atoms. The van der Waals surface area contributed by atoms with Gasteiger partial charge in [0.1, 0.15) is 0 Å². The van der Waals surface area contributed by atoms with Gasteiger partial charge in [-0.05, 0) is 37.8 Å². The minimum absolute atomic E-state index is 0.000784. The lowest BCUT2D eigenvalue weighted by Gasteiger charge is -2.29. The van der Waals surface area contributed by atoms with Gasteiger partial charge in [-0.25, -0.2) is 0 Å². The fourth-order valence-electron chi connectivity index (χ4n) is 3.20. The molecule has 2 atom stereocenters. The highest BCUT2D eigenvalue weighted by Crippen LogP contribution is 2.23. The molecule has 0 aliphatic carbocycles. The molecule has 2 rings (SSSR count). The highest BCUT2D eigenvalue weighted by molar-refractivity contribution is 5.83. The number of carbonyl (C=O) groups is 1. The molecule has 3 heteroatoms. The Labute approximate surface area is 128 Å². The number of hydrogen-bond donors (Lipinski definition) is 1. The van der Waals surface area contributed by atoms with Crippen molar-refractivity contribution in [3.05, 3.63) is 35.9 Å². The third-order valence-electron chi connectivity index (χ3n) is 4.32. The van der Waals surface area contributed by atoms with Crippen LogP contribution in [0.1, 0.15) is 51.0 Å². The van der Waals surface area contributed by atoms with Crippen molar-refractivity contribution in [1.29, 1.82) is 0 Å². The summed E-state index contributed by atoms with van der Waals surface area (Å²) in [5.41, 5.74) is 1.14. The SMILES string of the molecule is CCCN(CC1CCCN1)C(=O)C(CC)c1ccccc1. The first-order valence-electron chi connectivity index (χ1n) is 8.33. The summed E-state index contributed by atoms with van der Waals surface area (Å²) in [7, 11) is 0. The molecule has 1 saturated heterocycles. The van der Waals surface area contributed by atoms with E-state index in [1.165, 1.54) is 12.8 Å². The summed E-state index contributed by atoms with van der Waals surface area (Å²) in [6.07, 6.45) is 4.30. The zero-order chi connectivity index (χ0) is 15.1. The quantitative estimate of drug-likeness (QED) is 0.836. The number of rotatable bonds is 7. The summed E-state index contributed by atoms with van der Waals surface area (Å²) in [6.45, 7) is 7.06. The minimum Gasteiger partial charge on any atom is -0.341 e. The van der Waals surface area contributed by atoms with Crippen molar-refractivity contribution in [2.75, 3.05) is 19.6 Å². The Balaban J connectivity index is 2.07. The predicted octanol–water partition coefficient (Wildman–Crippen LogP) is 3.17. The van der Waals surface area contributed by atoms with E-state index < -0.39 is 0 Å². The van der Waals surface area contributed by atoms with Crippen molar-refractivity contribution in [3.63, 3.8) is 0 Å². The van der Waals surface area contributed by atoms with E-state index in [0.717, 1.165) is 38.0 Å². The van der Waals surface area contributed by atoms with Crippen molar-refractivity contribution in [2.24, 2.45) is 0 Å². The lowest BCUT2D eigenvalue weighted by Crippen LogP contribution is -2.43. The largest absolute Gasteiger partial charge is 0.341 e. The molecule has 1 fully saturated rings. The highest BCUT2D eigenvalue weighted by atomic mass is 16.2. The number of benzene rings is 1. The zero-order valence-electron chi connectivity index (χ0n) is 13.3. The van der Waals surface area contributed by atoms with Gasteiger partial charge in [-0.2, -0.15) is 0 Å². The summed E-state index contributed by atoms with van der Waals surface area (Å²) >= 11 is 0. The molecule has 1 amide bonds. The molecule has 3 nitrogen and oxygen atoms in total. The summed E-state index contributed by atoms with van der Waals surface area (Å²) in [6, 6.07) is 10.7. The fraction of sp³-hybridized carbons (Fsp3) is 0.611. The van der Waals surface area contributed by atoms with Gasteiger partial charge < -0.3 is 10.2 Å². The first kappa shape index (κ1) is 16.0. The number of carbonyl (C=O) groups excluding carboxylic acids is 1. The van der Waals surface area contributed by atoms with E-state index in [-0.39, 0.29) is 5.92 Å². The van der Waals surface area contributed by atoms with Crippen molar-refractivity contribution in [3.8, 4) is 0 Å². The molecule has 1 heterocycles. The summed E-state index contributed by atoms with van der Waals surface area (Å²) in [5, 5.41) is 3.50. The standard InChI is InChI=1S/C18H28N2O/c1-3-13-20(14-16-11-8-12-19-16)18(21)17(4-2)15-9-6-5-7-10-15/h5-7,9-10,16-17,19H,3-4,8,11-14H2,1-2H3. The molecule has 0 saturated carbocycles. The average molecular weight is 288 g/mol. The molecule has 0 radical (unpaired) electrons. The second-order valence-electron chi connectivity index (χ2n) is 5.95. The van der Waals surface area contributed by atoms with E-state index in [1.807, 2.05) is 18.2 Å². The van der Waals surface area contributed by atoms with Crippen LogP contribution in [0.5, 0.6) is 0 Å². The minimum atomic E-state index is -0.000784. The molecular formula is C18H28N2O. The van der Waals surface area contributed by atoms with Gasteiger partial charge in [0.05, 0.1) is 5.92 Å². The fourth-order valence-corrected chi connectivity index (χ4v) is 3.20. The molecule has 116 valence electrons. The van der Waals surface area contributed by atoms with Gasteiger partial charge >= 0.3 is 0 Å². The molecule has 2 unspecified atom stereocenters. The molecule has 1 aromatic carbocycles. The maximum Gasteiger partial charge on any atom is 0.230 e. The van der Waals surface area contributed by atoms with Crippen LogP contribution in [0.3, 0.4) is 0 Å². The summed E-state index contributed by atoms with van der Waals surface area (Å²) < 4.78 is 0. The molecule has 1 aliphatic heterocycles. The smallest absolute Gasteiger partial charge is 0.230 e. The normalized spacial score (nSPS) is 19.4. The Hall–Kier alpha value is -1.35. The van der Waals surface area contributed by atoms with Crippen LogP contribution in [0.25, 0.3) is 0 Å². The Morgan fingerprint density at radius 1 is 1.33 bits per heavy atom. The second kappa shape index (κ2) is 8.18. The molecule has 1 N–H and O–H groups in total. The van der Waals surface area contributed by atoms with Crippen LogP contribution < -0.4 is 5.32 Å². The van der Waals surface area contributed by atoms with Gasteiger partial charge in [-0.3, -0.25) is 4.79 Å². The van der Waals surface area contributed by atoms with E-state index in [4.69, 9.17) is 0 Å². The topological polar surface area (TPSA) is 32.3 Å². The molecule has 0 bridgehead atoms. The Morgan fingerprint density at radius 3 is 2.67 bits per heavy atom.